The van der Waals surface area contributed by atoms with Crippen molar-refractivity contribution in [1.82, 2.24) is 10.2 Å². The molecule has 1 aliphatic heterocycles. The van der Waals surface area contributed by atoms with Gasteiger partial charge in [0.2, 0.25) is 6.23 Å². The molecular formula is C9H16N2O3. The van der Waals surface area contributed by atoms with E-state index in [-0.39, 0.29) is 11.9 Å². The molecule has 0 aromatic rings. The van der Waals surface area contributed by atoms with Gasteiger partial charge in [0.15, 0.2) is 0 Å². The van der Waals surface area contributed by atoms with Crippen LogP contribution in [0.5, 0.6) is 0 Å². The van der Waals surface area contributed by atoms with E-state index in [2.05, 4.69) is 5.32 Å². The minimum atomic E-state index is -0.769. The summed E-state index contributed by atoms with van der Waals surface area (Å²) in [7, 11) is 0. The third-order valence-corrected chi connectivity index (χ3v) is 1.93. The van der Waals surface area contributed by atoms with Gasteiger partial charge >= 0.3 is 6.03 Å². The van der Waals surface area contributed by atoms with E-state index in [1.807, 2.05) is 13.8 Å². The lowest BCUT2D eigenvalue weighted by Crippen LogP contribution is -2.33. The van der Waals surface area contributed by atoms with Crippen LogP contribution in [0.3, 0.4) is 0 Å². The monoisotopic (exact) mass is 200 g/mol. The molecule has 0 aromatic carbocycles. The van der Waals surface area contributed by atoms with E-state index in [1.165, 1.54) is 4.90 Å². The molecule has 1 N–H and O–H groups in total. The molecule has 0 radical (unpaired) electrons. The van der Waals surface area contributed by atoms with Crippen LogP contribution in [0.15, 0.2) is 0 Å². The normalized spacial score (nSPS) is 21.6. The van der Waals surface area contributed by atoms with Crippen LogP contribution in [0, 0.1) is 0 Å². The van der Waals surface area contributed by atoms with Crippen molar-refractivity contribution in [3.8, 4) is 0 Å². The van der Waals surface area contributed by atoms with Crippen molar-refractivity contribution in [2.75, 3.05) is 13.2 Å². The number of ether oxygens (including phenoxy) is 1. The molecule has 0 saturated carbocycles. The lowest BCUT2D eigenvalue weighted by molar-refractivity contribution is -0.137. The van der Waals surface area contributed by atoms with Gasteiger partial charge in [0.1, 0.15) is 0 Å². The van der Waals surface area contributed by atoms with Gasteiger partial charge in [-0.2, -0.15) is 0 Å². The molecule has 1 unspecified atom stereocenters. The fraction of sp³-hybridized carbons (Fsp3) is 0.778. The largest absolute Gasteiger partial charge is 0.349 e. The SMILES string of the molecule is CCCOC1NC(=O)N(CCC)C1=O. The number of hydrogen-bond acceptors (Lipinski definition) is 3. The lowest BCUT2D eigenvalue weighted by atomic mass is 10.4. The van der Waals surface area contributed by atoms with E-state index in [4.69, 9.17) is 4.74 Å². The first kappa shape index (κ1) is 11.0. The lowest BCUT2D eigenvalue weighted by Gasteiger charge is -2.11. The van der Waals surface area contributed by atoms with Crippen molar-refractivity contribution in [2.24, 2.45) is 0 Å². The van der Waals surface area contributed by atoms with Crippen LogP contribution in [0.2, 0.25) is 0 Å². The Kier molecular flexibility index (Phi) is 3.88. The van der Waals surface area contributed by atoms with Crippen molar-refractivity contribution in [3.05, 3.63) is 0 Å². The van der Waals surface area contributed by atoms with E-state index in [0.717, 1.165) is 12.8 Å². The van der Waals surface area contributed by atoms with Crippen molar-refractivity contribution >= 4 is 11.9 Å². The molecule has 0 spiro atoms. The van der Waals surface area contributed by atoms with E-state index in [9.17, 15) is 9.59 Å². The second-order valence-corrected chi connectivity index (χ2v) is 3.19. The molecule has 80 valence electrons. The molecule has 0 aromatic heterocycles. The van der Waals surface area contributed by atoms with E-state index < -0.39 is 6.23 Å². The summed E-state index contributed by atoms with van der Waals surface area (Å²) in [5.41, 5.74) is 0. The number of carbonyl (C=O) groups excluding carboxylic acids is 2. The highest BCUT2D eigenvalue weighted by Gasteiger charge is 2.37. The zero-order chi connectivity index (χ0) is 10.6. The Labute approximate surface area is 83.4 Å². The maximum absolute atomic E-state index is 11.5. The molecule has 1 atom stereocenters. The highest BCUT2D eigenvalue weighted by atomic mass is 16.5. The highest BCUT2D eigenvalue weighted by Crippen LogP contribution is 2.08. The van der Waals surface area contributed by atoms with Gasteiger partial charge in [0, 0.05) is 13.2 Å². The Hall–Kier alpha value is -1.10. The summed E-state index contributed by atoms with van der Waals surface area (Å²) in [6.45, 7) is 4.80. The number of imide groups is 1. The minimum absolute atomic E-state index is 0.273. The Balaban J connectivity index is 2.51. The Morgan fingerprint density at radius 1 is 1.36 bits per heavy atom. The molecule has 1 saturated heterocycles. The molecule has 5 heteroatoms. The third kappa shape index (κ3) is 2.23. The highest BCUT2D eigenvalue weighted by molar-refractivity contribution is 6.03. The number of urea groups is 1. The van der Waals surface area contributed by atoms with Crippen LogP contribution in [0.25, 0.3) is 0 Å². The van der Waals surface area contributed by atoms with Crippen LogP contribution in [0.4, 0.5) is 4.79 Å². The van der Waals surface area contributed by atoms with E-state index in [1.54, 1.807) is 0 Å². The summed E-state index contributed by atoms with van der Waals surface area (Å²) >= 11 is 0. The van der Waals surface area contributed by atoms with Gasteiger partial charge in [-0.05, 0) is 12.8 Å². The first-order chi connectivity index (χ1) is 6.70. The predicted molar refractivity (Wildman–Crippen MR) is 50.6 cm³/mol. The summed E-state index contributed by atoms with van der Waals surface area (Å²) in [4.78, 5) is 24.0. The van der Waals surface area contributed by atoms with Crippen molar-refractivity contribution in [1.29, 1.82) is 0 Å². The third-order valence-electron chi connectivity index (χ3n) is 1.93. The molecule has 1 rings (SSSR count). The van der Waals surface area contributed by atoms with Crippen LogP contribution in [-0.4, -0.2) is 36.2 Å². The van der Waals surface area contributed by atoms with Crippen LogP contribution in [-0.2, 0) is 9.53 Å². The zero-order valence-corrected chi connectivity index (χ0v) is 8.58. The minimum Gasteiger partial charge on any atom is -0.349 e. The van der Waals surface area contributed by atoms with Gasteiger partial charge in [-0.25, -0.2) is 4.79 Å². The molecule has 3 amide bonds. The van der Waals surface area contributed by atoms with Gasteiger partial charge in [-0.1, -0.05) is 13.8 Å². The van der Waals surface area contributed by atoms with Gasteiger partial charge in [-0.15, -0.1) is 0 Å². The summed E-state index contributed by atoms with van der Waals surface area (Å²) in [6.07, 6.45) is 0.821. The van der Waals surface area contributed by atoms with Crippen LogP contribution < -0.4 is 5.32 Å². The molecule has 1 aliphatic rings. The van der Waals surface area contributed by atoms with Crippen molar-refractivity contribution < 1.29 is 14.3 Å². The number of rotatable bonds is 5. The van der Waals surface area contributed by atoms with E-state index in [0.29, 0.717) is 13.2 Å². The second-order valence-electron chi connectivity index (χ2n) is 3.19. The summed E-state index contributed by atoms with van der Waals surface area (Å²) < 4.78 is 5.19. The average Bonchev–Trinajstić information content (AvgIpc) is 2.43. The van der Waals surface area contributed by atoms with Crippen LogP contribution in [0.1, 0.15) is 26.7 Å². The molecule has 0 bridgehead atoms. The molecule has 14 heavy (non-hydrogen) atoms. The topological polar surface area (TPSA) is 58.6 Å². The molecule has 1 fully saturated rings. The second kappa shape index (κ2) is 4.95. The molecule has 5 nitrogen and oxygen atoms in total. The first-order valence-electron chi connectivity index (χ1n) is 4.94. The summed E-state index contributed by atoms with van der Waals surface area (Å²) in [5, 5.41) is 2.49. The Morgan fingerprint density at radius 3 is 2.64 bits per heavy atom. The maximum Gasteiger partial charge on any atom is 0.326 e. The predicted octanol–water partition coefficient (Wildman–Crippen LogP) is 0.701. The van der Waals surface area contributed by atoms with E-state index >= 15 is 0 Å². The molecular weight excluding hydrogens is 184 g/mol. The number of amides is 3. The average molecular weight is 200 g/mol. The van der Waals surface area contributed by atoms with Gasteiger partial charge in [-0.3, -0.25) is 9.69 Å². The number of nitrogens with one attached hydrogen (secondary N) is 1. The van der Waals surface area contributed by atoms with Gasteiger partial charge < -0.3 is 10.1 Å². The first-order valence-corrected chi connectivity index (χ1v) is 4.94. The molecule has 1 heterocycles. The number of nitrogens with zero attached hydrogens (tertiary/aromatic N) is 1. The quantitative estimate of drug-likeness (QED) is 0.664. The van der Waals surface area contributed by atoms with Gasteiger partial charge in [0.25, 0.3) is 5.91 Å². The van der Waals surface area contributed by atoms with Crippen molar-refractivity contribution in [2.45, 2.75) is 32.9 Å². The van der Waals surface area contributed by atoms with Crippen molar-refractivity contribution in [3.63, 3.8) is 0 Å². The van der Waals surface area contributed by atoms with Crippen LogP contribution >= 0.6 is 0 Å². The Morgan fingerprint density at radius 2 is 2.07 bits per heavy atom. The standard InChI is InChI=1S/C9H16N2O3/c1-3-5-11-8(12)7(10-9(11)13)14-6-4-2/h7H,3-6H2,1-2H3,(H,10,13). The maximum atomic E-state index is 11.5. The Bertz CT molecular complexity index is 230. The number of carbonyl (C=O) groups is 2. The fourth-order valence-corrected chi connectivity index (χ4v) is 1.28. The van der Waals surface area contributed by atoms with Gasteiger partial charge in [0.05, 0.1) is 0 Å². The summed E-state index contributed by atoms with van der Waals surface area (Å²) in [6, 6.07) is -0.349. The fourth-order valence-electron chi connectivity index (χ4n) is 1.28. The molecule has 0 aliphatic carbocycles. The summed E-state index contributed by atoms with van der Waals surface area (Å²) in [5.74, 6) is -0.273. The number of hydrogen-bond donors (Lipinski definition) is 1. The smallest absolute Gasteiger partial charge is 0.326 e. The zero-order valence-electron chi connectivity index (χ0n) is 8.58.